The van der Waals surface area contributed by atoms with Crippen LogP contribution in [0, 0.1) is 0 Å². The summed E-state index contributed by atoms with van der Waals surface area (Å²) in [5.74, 6) is -0.153. The van der Waals surface area contributed by atoms with Crippen LogP contribution in [0.25, 0.3) is 0 Å². The average molecular weight is 390 g/mol. The van der Waals surface area contributed by atoms with Crippen molar-refractivity contribution in [2.45, 2.75) is 70.6 Å². The first-order chi connectivity index (χ1) is 13.6. The highest BCUT2D eigenvalue weighted by molar-refractivity contribution is 5.87. The number of ether oxygens (including phenoxy) is 1. The van der Waals surface area contributed by atoms with Crippen molar-refractivity contribution in [1.82, 2.24) is 5.32 Å². The van der Waals surface area contributed by atoms with Gasteiger partial charge in [0, 0.05) is 19.4 Å². The van der Waals surface area contributed by atoms with Gasteiger partial charge in [-0.15, -0.1) is 0 Å². The van der Waals surface area contributed by atoms with E-state index in [0.29, 0.717) is 38.2 Å². The van der Waals surface area contributed by atoms with Crippen LogP contribution in [0.4, 0.5) is 0 Å². The van der Waals surface area contributed by atoms with Crippen molar-refractivity contribution in [3.63, 3.8) is 0 Å². The lowest BCUT2D eigenvalue weighted by Crippen LogP contribution is -2.24. The summed E-state index contributed by atoms with van der Waals surface area (Å²) in [5, 5.41) is 11.7. The number of aromatic carboxylic acids is 1. The van der Waals surface area contributed by atoms with E-state index in [9.17, 15) is 14.4 Å². The molecule has 1 aromatic rings. The van der Waals surface area contributed by atoms with Crippen molar-refractivity contribution >= 4 is 18.2 Å². The monoisotopic (exact) mass is 390 g/mol. The zero-order valence-electron chi connectivity index (χ0n) is 16.6. The largest absolute Gasteiger partial charge is 0.494 e. The Labute approximate surface area is 167 Å². The number of rotatable bonds is 17. The Morgan fingerprint density at radius 1 is 0.893 bits per heavy atom. The minimum atomic E-state index is -0.931. The van der Waals surface area contributed by atoms with Gasteiger partial charge in [-0.05, 0) is 43.5 Å². The fraction of sp³-hybridized carbons (Fsp3) is 0.591. The van der Waals surface area contributed by atoms with Crippen molar-refractivity contribution < 1.29 is 24.2 Å². The molecule has 2 N–H and O–H groups in total. The fourth-order valence-corrected chi connectivity index (χ4v) is 2.81. The van der Waals surface area contributed by atoms with E-state index in [-0.39, 0.29) is 11.5 Å². The Balaban J connectivity index is 1.87. The third-order valence-corrected chi connectivity index (χ3v) is 4.45. The van der Waals surface area contributed by atoms with Crippen LogP contribution < -0.4 is 10.1 Å². The first-order valence-electron chi connectivity index (χ1n) is 10.2. The van der Waals surface area contributed by atoms with Crippen LogP contribution in [0.15, 0.2) is 24.3 Å². The van der Waals surface area contributed by atoms with Crippen LogP contribution in [-0.4, -0.2) is 36.4 Å². The SMILES string of the molecule is O=[C]CCCNC(=O)CCCCCCCCCCOc1ccc(C(=O)O)cc1. The molecule has 0 spiro atoms. The molecule has 0 heterocycles. The van der Waals surface area contributed by atoms with Gasteiger partial charge in [-0.2, -0.15) is 0 Å². The number of carbonyl (C=O) groups is 2. The molecule has 6 nitrogen and oxygen atoms in total. The van der Waals surface area contributed by atoms with Gasteiger partial charge in [0.15, 0.2) is 6.29 Å². The zero-order chi connectivity index (χ0) is 20.5. The number of hydrogen-bond acceptors (Lipinski definition) is 4. The maximum atomic E-state index is 11.5. The van der Waals surface area contributed by atoms with Crippen molar-refractivity contribution in [2.75, 3.05) is 13.2 Å². The van der Waals surface area contributed by atoms with E-state index in [4.69, 9.17) is 9.84 Å². The van der Waals surface area contributed by atoms with E-state index in [1.165, 1.54) is 19.3 Å². The Morgan fingerprint density at radius 2 is 1.50 bits per heavy atom. The van der Waals surface area contributed by atoms with Gasteiger partial charge in [0.25, 0.3) is 0 Å². The zero-order valence-corrected chi connectivity index (χ0v) is 16.6. The van der Waals surface area contributed by atoms with Crippen molar-refractivity contribution in [3.8, 4) is 5.75 Å². The van der Waals surface area contributed by atoms with E-state index in [2.05, 4.69) is 5.32 Å². The van der Waals surface area contributed by atoms with Gasteiger partial charge < -0.3 is 15.2 Å². The molecular weight excluding hydrogens is 358 g/mol. The quantitative estimate of drug-likeness (QED) is 0.387. The molecule has 0 aromatic heterocycles. The van der Waals surface area contributed by atoms with E-state index in [1.54, 1.807) is 24.3 Å². The third kappa shape index (κ3) is 12.1. The number of unbranched alkanes of at least 4 members (excludes halogenated alkanes) is 8. The second kappa shape index (κ2) is 15.7. The van der Waals surface area contributed by atoms with Crippen LogP contribution in [0.2, 0.25) is 0 Å². The van der Waals surface area contributed by atoms with Crippen LogP contribution >= 0.6 is 0 Å². The summed E-state index contributed by atoms with van der Waals surface area (Å²) in [5.41, 5.74) is 0.265. The lowest BCUT2D eigenvalue weighted by molar-refractivity contribution is -0.121. The van der Waals surface area contributed by atoms with Gasteiger partial charge in [-0.25, -0.2) is 4.79 Å². The van der Waals surface area contributed by atoms with Gasteiger partial charge in [-0.3, -0.25) is 9.59 Å². The number of carboxylic acid groups (broad SMARTS) is 1. The number of hydrogen-bond donors (Lipinski definition) is 2. The van der Waals surface area contributed by atoms with Crippen molar-refractivity contribution in [2.24, 2.45) is 0 Å². The summed E-state index contributed by atoms with van der Waals surface area (Å²) in [6, 6.07) is 6.47. The summed E-state index contributed by atoms with van der Waals surface area (Å²) in [7, 11) is 0. The van der Waals surface area contributed by atoms with Crippen LogP contribution in [0.5, 0.6) is 5.75 Å². The highest BCUT2D eigenvalue weighted by Gasteiger charge is 2.02. The van der Waals surface area contributed by atoms with E-state index in [1.807, 2.05) is 6.29 Å². The number of benzene rings is 1. The summed E-state index contributed by atoms with van der Waals surface area (Å²) in [6.07, 6.45) is 12.2. The smallest absolute Gasteiger partial charge is 0.335 e. The Bertz CT molecular complexity index is 571. The van der Waals surface area contributed by atoms with Crippen molar-refractivity contribution in [1.29, 1.82) is 0 Å². The van der Waals surface area contributed by atoms with Crippen LogP contribution in [0.3, 0.4) is 0 Å². The molecule has 0 saturated heterocycles. The molecule has 155 valence electrons. The second-order valence-electron chi connectivity index (χ2n) is 6.85. The Hall–Kier alpha value is -2.37. The van der Waals surface area contributed by atoms with Gasteiger partial charge in [0.2, 0.25) is 5.91 Å². The lowest BCUT2D eigenvalue weighted by atomic mass is 10.1. The standard InChI is InChI=1S/C22H32NO5/c24-17-9-8-16-23-21(25)11-7-5-3-1-2-4-6-10-18-28-20-14-12-19(13-15-20)22(26)27/h12-15H,1-11,16,18H2,(H,23,25)(H,26,27). The topological polar surface area (TPSA) is 92.7 Å². The number of carboxylic acids is 1. The summed E-state index contributed by atoms with van der Waals surface area (Å²) < 4.78 is 5.61. The molecule has 0 aliphatic rings. The van der Waals surface area contributed by atoms with E-state index < -0.39 is 5.97 Å². The molecule has 6 heteroatoms. The number of nitrogens with one attached hydrogen (secondary N) is 1. The predicted molar refractivity (Wildman–Crippen MR) is 108 cm³/mol. The molecule has 0 saturated carbocycles. The molecule has 1 rings (SSSR count). The second-order valence-corrected chi connectivity index (χ2v) is 6.85. The molecule has 0 unspecified atom stereocenters. The van der Waals surface area contributed by atoms with Gasteiger partial charge >= 0.3 is 5.97 Å². The average Bonchev–Trinajstić information content (AvgIpc) is 2.69. The van der Waals surface area contributed by atoms with Crippen LogP contribution in [-0.2, 0) is 9.59 Å². The molecule has 0 aliphatic heterocycles. The minimum Gasteiger partial charge on any atom is -0.494 e. The maximum Gasteiger partial charge on any atom is 0.335 e. The summed E-state index contributed by atoms with van der Waals surface area (Å²) in [4.78, 5) is 32.4. The van der Waals surface area contributed by atoms with Gasteiger partial charge in [-0.1, -0.05) is 38.5 Å². The molecule has 28 heavy (non-hydrogen) atoms. The molecule has 1 radical (unpaired) electrons. The maximum absolute atomic E-state index is 11.5. The number of amides is 1. The van der Waals surface area contributed by atoms with E-state index >= 15 is 0 Å². The normalized spacial score (nSPS) is 10.4. The van der Waals surface area contributed by atoms with Gasteiger partial charge in [0.1, 0.15) is 5.75 Å². The molecule has 1 amide bonds. The van der Waals surface area contributed by atoms with E-state index in [0.717, 1.165) is 32.1 Å². The fourth-order valence-electron chi connectivity index (χ4n) is 2.81. The minimum absolute atomic E-state index is 0.0727. The lowest BCUT2D eigenvalue weighted by Gasteiger charge is -2.06. The Kier molecular flexibility index (Phi) is 13.2. The highest BCUT2D eigenvalue weighted by atomic mass is 16.5. The molecular formula is C22H32NO5. The Morgan fingerprint density at radius 3 is 2.11 bits per heavy atom. The third-order valence-electron chi connectivity index (χ3n) is 4.45. The van der Waals surface area contributed by atoms with Crippen LogP contribution in [0.1, 0.15) is 81.0 Å². The van der Waals surface area contributed by atoms with Gasteiger partial charge in [0.05, 0.1) is 12.2 Å². The number of carbonyl (C=O) groups excluding carboxylic acids is 2. The molecule has 0 fully saturated rings. The molecule has 0 atom stereocenters. The summed E-state index contributed by atoms with van der Waals surface area (Å²) >= 11 is 0. The predicted octanol–water partition coefficient (Wildman–Crippen LogP) is 4.28. The highest BCUT2D eigenvalue weighted by Crippen LogP contribution is 2.14. The molecule has 1 aromatic carbocycles. The van der Waals surface area contributed by atoms with Crippen molar-refractivity contribution in [3.05, 3.63) is 29.8 Å². The first kappa shape index (κ1) is 23.7. The summed E-state index contributed by atoms with van der Waals surface area (Å²) in [6.45, 7) is 1.21. The molecule has 0 bridgehead atoms. The first-order valence-corrected chi connectivity index (χ1v) is 10.2. The molecule has 0 aliphatic carbocycles.